The Morgan fingerprint density at radius 2 is 2.20 bits per heavy atom. The number of hydrogen-bond donors (Lipinski definition) is 1. The molecule has 1 N–H and O–H groups in total. The zero-order chi connectivity index (χ0) is 13.9. The van der Waals surface area contributed by atoms with Gasteiger partial charge in [-0.15, -0.1) is 0 Å². The Bertz CT molecular complexity index is 577. The molecule has 3 rings (SSSR count). The van der Waals surface area contributed by atoms with Crippen molar-refractivity contribution in [2.24, 2.45) is 0 Å². The molecule has 7 heteroatoms. The van der Waals surface area contributed by atoms with Gasteiger partial charge in [0, 0.05) is 37.4 Å². The highest BCUT2D eigenvalue weighted by atomic mass is 16.5. The number of fused-ring (bicyclic) bond motifs is 1. The summed E-state index contributed by atoms with van der Waals surface area (Å²) in [4.78, 5) is 10.9. The number of hydrogen-bond acceptors (Lipinski definition) is 6. The van der Waals surface area contributed by atoms with Crippen LogP contribution >= 0.6 is 0 Å². The highest BCUT2D eigenvalue weighted by Crippen LogP contribution is 2.11. The van der Waals surface area contributed by atoms with E-state index in [1.165, 1.54) is 6.33 Å². The van der Waals surface area contributed by atoms with Crippen molar-refractivity contribution in [3.8, 4) is 0 Å². The van der Waals surface area contributed by atoms with Crippen LogP contribution < -0.4 is 5.32 Å². The average molecular weight is 276 g/mol. The molecular weight excluding hydrogens is 256 g/mol. The Morgan fingerprint density at radius 3 is 3.00 bits per heavy atom. The molecule has 108 valence electrons. The molecule has 1 unspecified atom stereocenters. The van der Waals surface area contributed by atoms with Gasteiger partial charge in [0.1, 0.15) is 12.1 Å². The molecule has 0 spiro atoms. The van der Waals surface area contributed by atoms with E-state index < -0.39 is 0 Å². The second kappa shape index (κ2) is 5.72. The van der Waals surface area contributed by atoms with Crippen molar-refractivity contribution in [1.29, 1.82) is 0 Å². The summed E-state index contributed by atoms with van der Waals surface area (Å²) in [6, 6.07) is 2.44. The van der Waals surface area contributed by atoms with Gasteiger partial charge in [0.2, 0.25) is 0 Å². The molecule has 1 saturated heterocycles. The average Bonchev–Trinajstić information content (AvgIpc) is 2.93. The van der Waals surface area contributed by atoms with Crippen LogP contribution in [0.15, 0.2) is 12.4 Å². The van der Waals surface area contributed by atoms with Gasteiger partial charge >= 0.3 is 0 Å². The molecule has 1 fully saturated rings. The summed E-state index contributed by atoms with van der Waals surface area (Å²) in [7, 11) is 0. The second-order valence-corrected chi connectivity index (χ2v) is 5.13. The van der Waals surface area contributed by atoms with Crippen LogP contribution in [0.4, 0.5) is 5.82 Å². The molecule has 0 bridgehead atoms. The molecule has 0 aromatic carbocycles. The van der Waals surface area contributed by atoms with E-state index >= 15 is 0 Å². The third-order valence-corrected chi connectivity index (χ3v) is 3.63. The molecule has 0 saturated carbocycles. The summed E-state index contributed by atoms with van der Waals surface area (Å²) in [5.41, 5.74) is 0.937. The van der Waals surface area contributed by atoms with Crippen LogP contribution in [0, 0.1) is 6.92 Å². The van der Waals surface area contributed by atoms with Gasteiger partial charge in [-0.1, -0.05) is 0 Å². The third-order valence-electron chi connectivity index (χ3n) is 3.63. The monoisotopic (exact) mass is 276 g/mol. The summed E-state index contributed by atoms with van der Waals surface area (Å²) < 4.78 is 7.12. The molecule has 0 aliphatic carbocycles. The van der Waals surface area contributed by atoms with Crippen molar-refractivity contribution in [2.75, 3.05) is 38.2 Å². The molecule has 7 nitrogen and oxygen atoms in total. The number of anilines is 1. The highest BCUT2D eigenvalue weighted by molar-refractivity contribution is 5.44. The molecule has 0 amide bonds. The lowest BCUT2D eigenvalue weighted by atomic mass is 10.2. The van der Waals surface area contributed by atoms with E-state index in [4.69, 9.17) is 4.74 Å². The van der Waals surface area contributed by atoms with E-state index in [1.807, 2.05) is 13.0 Å². The lowest BCUT2D eigenvalue weighted by Gasteiger charge is -2.32. The van der Waals surface area contributed by atoms with Crippen molar-refractivity contribution >= 4 is 11.6 Å². The van der Waals surface area contributed by atoms with Gasteiger partial charge in [0.25, 0.3) is 5.78 Å². The van der Waals surface area contributed by atoms with Gasteiger partial charge in [-0.2, -0.15) is 14.6 Å². The fraction of sp³-hybridized carbons (Fsp3) is 0.615. The third kappa shape index (κ3) is 2.73. The summed E-state index contributed by atoms with van der Waals surface area (Å²) in [5, 5.41) is 7.65. The Kier molecular flexibility index (Phi) is 3.79. The first-order valence-electron chi connectivity index (χ1n) is 6.97. The quantitative estimate of drug-likeness (QED) is 0.880. The Hall–Kier alpha value is -1.73. The van der Waals surface area contributed by atoms with E-state index in [0.717, 1.165) is 44.4 Å². The van der Waals surface area contributed by atoms with Crippen LogP contribution in [-0.4, -0.2) is 63.4 Å². The molecule has 20 heavy (non-hydrogen) atoms. The Morgan fingerprint density at radius 1 is 1.40 bits per heavy atom. The number of nitrogens with one attached hydrogen (secondary N) is 1. The summed E-state index contributed by atoms with van der Waals surface area (Å²) >= 11 is 0. The van der Waals surface area contributed by atoms with Crippen LogP contribution in [0.2, 0.25) is 0 Å². The molecular formula is C13H20N6O. The van der Waals surface area contributed by atoms with Crippen LogP contribution in [0.3, 0.4) is 0 Å². The fourth-order valence-electron chi connectivity index (χ4n) is 2.46. The number of aromatic nitrogens is 4. The van der Waals surface area contributed by atoms with Gasteiger partial charge in [-0.3, -0.25) is 4.90 Å². The van der Waals surface area contributed by atoms with Crippen molar-refractivity contribution < 1.29 is 4.74 Å². The maximum atomic E-state index is 5.38. The summed E-state index contributed by atoms with van der Waals surface area (Å²) in [5.74, 6) is 1.57. The normalized spacial score (nSPS) is 18.3. The van der Waals surface area contributed by atoms with Gasteiger partial charge in [0.15, 0.2) is 0 Å². The van der Waals surface area contributed by atoms with E-state index in [0.29, 0.717) is 11.8 Å². The van der Waals surface area contributed by atoms with E-state index in [2.05, 4.69) is 32.2 Å². The first-order chi connectivity index (χ1) is 9.74. The molecule has 1 aliphatic rings. The largest absolute Gasteiger partial charge is 0.379 e. The summed E-state index contributed by atoms with van der Waals surface area (Å²) in [6.07, 6.45) is 1.53. The standard InChI is InChI=1S/C13H20N6O/c1-10-7-12(19-13(17-10)15-9-16-19)14-8-11(2)18-3-5-20-6-4-18/h7,9,11,14H,3-6,8H2,1-2H3. The van der Waals surface area contributed by atoms with Crippen LogP contribution in [0.1, 0.15) is 12.6 Å². The lowest BCUT2D eigenvalue weighted by Crippen LogP contribution is -2.45. The Balaban J connectivity index is 1.68. The van der Waals surface area contributed by atoms with Gasteiger partial charge in [0.05, 0.1) is 13.2 Å². The first-order valence-corrected chi connectivity index (χ1v) is 6.97. The van der Waals surface area contributed by atoms with Crippen LogP contribution in [0.25, 0.3) is 5.78 Å². The van der Waals surface area contributed by atoms with Crippen molar-refractivity contribution in [1.82, 2.24) is 24.5 Å². The van der Waals surface area contributed by atoms with Crippen LogP contribution in [0.5, 0.6) is 0 Å². The number of morpholine rings is 1. The number of rotatable bonds is 4. The molecule has 1 aliphatic heterocycles. The number of aryl methyl sites for hydroxylation is 1. The van der Waals surface area contributed by atoms with Gasteiger partial charge < -0.3 is 10.1 Å². The van der Waals surface area contributed by atoms with Crippen molar-refractivity contribution in [2.45, 2.75) is 19.9 Å². The molecule has 1 atom stereocenters. The zero-order valence-corrected chi connectivity index (χ0v) is 11.9. The van der Waals surface area contributed by atoms with Crippen LogP contribution in [-0.2, 0) is 4.74 Å². The molecule has 2 aromatic heterocycles. The second-order valence-electron chi connectivity index (χ2n) is 5.13. The number of nitrogens with zero attached hydrogens (tertiary/aromatic N) is 5. The first kappa shape index (κ1) is 13.3. The highest BCUT2D eigenvalue weighted by Gasteiger charge is 2.17. The minimum Gasteiger partial charge on any atom is -0.379 e. The maximum absolute atomic E-state index is 5.38. The van der Waals surface area contributed by atoms with Crippen molar-refractivity contribution in [3.63, 3.8) is 0 Å². The zero-order valence-electron chi connectivity index (χ0n) is 11.9. The van der Waals surface area contributed by atoms with Crippen molar-refractivity contribution in [3.05, 3.63) is 18.1 Å². The SMILES string of the molecule is Cc1cc(NCC(C)N2CCOCC2)n2ncnc2n1. The molecule has 2 aromatic rings. The molecule has 0 radical (unpaired) electrons. The maximum Gasteiger partial charge on any atom is 0.254 e. The lowest BCUT2D eigenvalue weighted by molar-refractivity contribution is 0.0227. The van der Waals surface area contributed by atoms with Gasteiger partial charge in [-0.25, -0.2) is 4.98 Å². The number of ether oxygens (including phenoxy) is 1. The van der Waals surface area contributed by atoms with Gasteiger partial charge in [-0.05, 0) is 13.8 Å². The minimum absolute atomic E-state index is 0.450. The summed E-state index contributed by atoms with van der Waals surface area (Å²) in [6.45, 7) is 8.69. The fourth-order valence-corrected chi connectivity index (χ4v) is 2.46. The van der Waals surface area contributed by atoms with E-state index in [9.17, 15) is 0 Å². The Labute approximate surface area is 118 Å². The topological polar surface area (TPSA) is 67.6 Å². The van der Waals surface area contributed by atoms with E-state index in [1.54, 1.807) is 4.52 Å². The smallest absolute Gasteiger partial charge is 0.254 e. The predicted octanol–water partition coefficient (Wildman–Crippen LogP) is 0.565. The molecule has 3 heterocycles. The predicted molar refractivity (Wildman–Crippen MR) is 75.9 cm³/mol. The van der Waals surface area contributed by atoms with E-state index in [-0.39, 0.29) is 0 Å². The minimum atomic E-state index is 0.450.